The van der Waals surface area contributed by atoms with E-state index in [1.807, 2.05) is 12.1 Å². The molecule has 7 heteroatoms. The molecular weight excluding hydrogens is 268 g/mol. The maximum Gasteiger partial charge on any atom is 0.276 e. The minimum atomic E-state index is -0.284. The smallest absolute Gasteiger partial charge is 0.276 e. The summed E-state index contributed by atoms with van der Waals surface area (Å²) in [6.07, 6.45) is 4.88. The number of benzene rings is 1. The van der Waals surface area contributed by atoms with Gasteiger partial charge in [-0.25, -0.2) is 4.98 Å². The minimum absolute atomic E-state index is 0.284. The molecular formula is C14H10N6O. The van der Waals surface area contributed by atoms with E-state index in [-0.39, 0.29) is 5.91 Å². The number of H-pyrrole nitrogens is 2. The molecule has 0 radical (unpaired) electrons. The van der Waals surface area contributed by atoms with Gasteiger partial charge in [-0.3, -0.25) is 14.9 Å². The number of pyridine rings is 1. The number of fused-ring (bicyclic) bond motifs is 2. The van der Waals surface area contributed by atoms with Gasteiger partial charge in [0.15, 0.2) is 5.69 Å². The summed E-state index contributed by atoms with van der Waals surface area (Å²) in [4.78, 5) is 23.5. The van der Waals surface area contributed by atoms with Gasteiger partial charge < -0.3 is 10.3 Å². The number of hydrogen-bond donors (Lipinski definition) is 3. The first kappa shape index (κ1) is 11.6. The summed E-state index contributed by atoms with van der Waals surface area (Å²) in [6.45, 7) is 0. The highest BCUT2D eigenvalue weighted by Gasteiger charge is 2.14. The molecule has 3 heterocycles. The number of amides is 1. The number of rotatable bonds is 2. The lowest BCUT2D eigenvalue weighted by atomic mass is 10.2. The van der Waals surface area contributed by atoms with Crippen molar-refractivity contribution >= 4 is 33.5 Å². The lowest BCUT2D eigenvalue weighted by Crippen LogP contribution is -2.12. The fourth-order valence-electron chi connectivity index (χ4n) is 2.23. The van der Waals surface area contributed by atoms with Crippen LogP contribution in [0.15, 0.2) is 43.0 Å². The van der Waals surface area contributed by atoms with Gasteiger partial charge in [-0.2, -0.15) is 5.10 Å². The van der Waals surface area contributed by atoms with Gasteiger partial charge in [0.25, 0.3) is 5.91 Å². The quantitative estimate of drug-likeness (QED) is 0.522. The van der Waals surface area contributed by atoms with Crippen molar-refractivity contribution in [3.63, 3.8) is 0 Å². The third-order valence-electron chi connectivity index (χ3n) is 3.26. The molecule has 4 aromatic rings. The molecule has 1 aromatic carbocycles. The first-order chi connectivity index (χ1) is 10.3. The molecule has 7 nitrogen and oxygen atoms in total. The zero-order chi connectivity index (χ0) is 14.2. The number of carbonyl (C=O) groups is 1. The third kappa shape index (κ3) is 1.91. The molecule has 21 heavy (non-hydrogen) atoms. The van der Waals surface area contributed by atoms with Crippen LogP contribution in [0.1, 0.15) is 10.5 Å². The van der Waals surface area contributed by atoms with E-state index in [1.165, 1.54) is 0 Å². The lowest BCUT2D eigenvalue weighted by Gasteiger charge is -2.03. The first-order valence-electron chi connectivity index (χ1n) is 6.34. The molecule has 0 aliphatic rings. The van der Waals surface area contributed by atoms with Crippen molar-refractivity contribution in [3.8, 4) is 0 Å². The van der Waals surface area contributed by atoms with Crippen molar-refractivity contribution in [1.82, 2.24) is 25.1 Å². The second-order valence-electron chi connectivity index (χ2n) is 4.58. The van der Waals surface area contributed by atoms with Crippen LogP contribution in [0.5, 0.6) is 0 Å². The zero-order valence-corrected chi connectivity index (χ0v) is 10.8. The summed E-state index contributed by atoms with van der Waals surface area (Å²) in [5.41, 5.74) is 3.49. The predicted octanol–water partition coefficient (Wildman–Crippen LogP) is 2.09. The highest BCUT2D eigenvalue weighted by molar-refractivity contribution is 6.11. The first-order valence-corrected chi connectivity index (χ1v) is 6.34. The summed E-state index contributed by atoms with van der Waals surface area (Å²) in [5, 5.41) is 10.4. The van der Waals surface area contributed by atoms with Crippen LogP contribution in [-0.4, -0.2) is 31.1 Å². The topological polar surface area (TPSA) is 99.4 Å². The number of nitrogens with zero attached hydrogens (tertiary/aromatic N) is 3. The number of aromatic amines is 2. The van der Waals surface area contributed by atoms with Crippen LogP contribution >= 0.6 is 0 Å². The number of anilines is 1. The fourth-order valence-corrected chi connectivity index (χ4v) is 2.23. The van der Waals surface area contributed by atoms with Crippen LogP contribution in [0.2, 0.25) is 0 Å². The van der Waals surface area contributed by atoms with Crippen LogP contribution in [0, 0.1) is 0 Å². The van der Waals surface area contributed by atoms with Crippen molar-refractivity contribution in [1.29, 1.82) is 0 Å². The highest BCUT2D eigenvalue weighted by atomic mass is 16.1. The average molecular weight is 278 g/mol. The molecule has 0 bridgehead atoms. The number of aromatic nitrogens is 5. The Hall–Kier alpha value is -3.22. The third-order valence-corrected chi connectivity index (χ3v) is 3.26. The number of carbonyl (C=O) groups excluding carboxylic acids is 1. The normalized spacial score (nSPS) is 11.0. The maximum absolute atomic E-state index is 12.3. The van der Waals surface area contributed by atoms with Gasteiger partial charge in [-0.15, -0.1) is 0 Å². The van der Waals surface area contributed by atoms with Gasteiger partial charge in [0.1, 0.15) is 0 Å². The molecule has 1 amide bonds. The Labute approximate surface area is 118 Å². The molecule has 0 unspecified atom stereocenters. The second-order valence-corrected chi connectivity index (χ2v) is 4.58. The Morgan fingerprint density at radius 3 is 3.10 bits per heavy atom. The van der Waals surface area contributed by atoms with Crippen molar-refractivity contribution in [2.24, 2.45) is 0 Å². The van der Waals surface area contributed by atoms with E-state index in [9.17, 15) is 4.79 Å². The predicted molar refractivity (Wildman–Crippen MR) is 77.9 cm³/mol. The van der Waals surface area contributed by atoms with Crippen LogP contribution in [-0.2, 0) is 0 Å². The Kier molecular flexibility index (Phi) is 2.43. The van der Waals surface area contributed by atoms with Crippen molar-refractivity contribution < 1.29 is 4.79 Å². The maximum atomic E-state index is 12.3. The number of imidazole rings is 1. The number of hydrogen-bond acceptors (Lipinski definition) is 4. The number of nitrogens with one attached hydrogen (secondary N) is 3. The standard InChI is InChI=1S/C14H10N6O/c21-14(13-9-6-15-4-3-10(9)19-20-13)18-8-1-2-11-12(5-8)17-7-16-11/h1-7H,(H,16,17)(H,18,21)(H,19,20). The van der Waals surface area contributed by atoms with Crippen molar-refractivity contribution in [2.45, 2.75) is 0 Å². The van der Waals surface area contributed by atoms with E-state index in [4.69, 9.17) is 0 Å². The van der Waals surface area contributed by atoms with E-state index in [0.29, 0.717) is 16.8 Å². The van der Waals surface area contributed by atoms with Gasteiger partial charge in [0.05, 0.1) is 28.3 Å². The van der Waals surface area contributed by atoms with Gasteiger partial charge in [-0.1, -0.05) is 0 Å². The molecule has 102 valence electrons. The monoisotopic (exact) mass is 278 g/mol. The molecule has 0 fully saturated rings. The second kappa shape index (κ2) is 4.41. The van der Waals surface area contributed by atoms with Crippen LogP contribution in [0.25, 0.3) is 21.9 Å². The molecule has 0 atom stereocenters. The van der Waals surface area contributed by atoms with E-state index >= 15 is 0 Å². The Bertz CT molecular complexity index is 954. The van der Waals surface area contributed by atoms with Crippen LogP contribution in [0.3, 0.4) is 0 Å². The molecule has 0 spiro atoms. The summed E-state index contributed by atoms with van der Waals surface area (Å²) >= 11 is 0. The van der Waals surface area contributed by atoms with E-state index in [2.05, 4.69) is 30.5 Å². The zero-order valence-electron chi connectivity index (χ0n) is 10.8. The fraction of sp³-hybridized carbons (Fsp3) is 0. The van der Waals surface area contributed by atoms with E-state index in [1.54, 1.807) is 30.9 Å². The van der Waals surface area contributed by atoms with Gasteiger partial charge in [0.2, 0.25) is 0 Å². The van der Waals surface area contributed by atoms with Gasteiger partial charge >= 0.3 is 0 Å². The molecule has 0 saturated carbocycles. The summed E-state index contributed by atoms with van der Waals surface area (Å²) in [7, 11) is 0. The summed E-state index contributed by atoms with van der Waals surface area (Å²) in [6, 6.07) is 7.24. The van der Waals surface area contributed by atoms with Gasteiger partial charge in [-0.05, 0) is 24.3 Å². The molecule has 3 N–H and O–H groups in total. The average Bonchev–Trinajstić information content (AvgIpc) is 3.13. The van der Waals surface area contributed by atoms with E-state index < -0.39 is 0 Å². The Morgan fingerprint density at radius 2 is 2.14 bits per heavy atom. The molecule has 0 saturated heterocycles. The SMILES string of the molecule is O=C(Nc1ccc2nc[nH]c2c1)c1n[nH]c2ccncc12. The van der Waals surface area contributed by atoms with Crippen molar-refractivity contribution in [3.05, 3.63) is 48.7 Å². The van der Waals surface area contributed by atoms with E-state index in [0.717, 1.165) is 16.6 Å². The lowest BCUT2D eigenvalue weighted by molar-refractivity contribution is 0.102. The Morgan fingerprint density at radius 1 is 1.19 bits per heavy atom. The van der Waals surface area contributed by atoms with Crippen LogP contribution < -0.4 is 5.32 Å². The van der Waals surface area contributed by atoms with Crippen LogP contribution in [0.4, 0.5) is 5.69 Å². The Balaban J connectivity index is 1.68. The molecule has 3 aromatic heterocycles. The molecule has 0 aliphatic heterocycles. The summed E-state index contributed by atoms with van der Waals surface area (Å²) in [5.74, 6) is -0.284. The minimum Gasteiger partial charge on any atom is -0.345 e. The van der Waals surface area contributed by atoms with Gasteiger partial charge in [0, 0.05) is 18.1 Å². The summed E-state index contributed by atoms with van der Waals surface area (Å²) < 4.78 is 0. The highest BCUT2D eigenvalue weighted by Crippen LogP contribution is 2.18. The largest absolute Gasteiger partial charge is 0.345 e. The molecule has 4 rings (SSSR count). The van der Waals surface area contributed by atoms with Crippen molar-refractivity contribution in [2.75, 3.05) is 5.32 Å². The molecule has 0 aliphatic carbocycles.